The fraction of sp³-hybridized carbons (Fsp3) is 0. The van der Waals surface area contributed by atoms with Gasteiger partial charge in [0.25, 0.3) is 0 Å². The van der Waals surface area contributed by atoms with Crippen molar-refractivity contribution in [1.29, 1.82) is 0 Å². The Balaban J connectivity index is 1.03. The Morgan fingerprint density at radius 1 is 0.226 bits per heavy atom. The molecule has 0 bridgehead atoms. The van der Waals surface area contributed by atoms with Crippen LogP contribution in [0.3, 0.4) is 0 Å². The maximum Gasteiger partial charge on any atom is 0.0722 e. The molecule has 11 aromatic rings. The lowest BCUT2D eigenvalue weighted by atomic mass is 9.92. The van der Waals surface area contributed by atoms with Crippen LogP contribution in [0.25, 0.3) is 111 Å². The van der Waals surface area contributed by atoms with Crippen molar-refractivity contribution in [2.75, 3.05) is 0 Å². The molecule has 0 amide bonds. The summed E-state index contributed by atoms with van der Waals surface area (Å²) < 4.78 is 0. The summed E-state index contributed by atoms with van der Waals surface area (Å²) in [4.78, 5) is 10.6. The molecule has 0 aliphatic rings. The number of hydrogen-bond donors (Lipinski definition) is 0. The summed E-state index contributed by atoms with van der Waals surface area (Å²) in [5, 5.41) is 3.53. The normalized spacial score (nSPS) is 11.2. The molecular weight excluding hydrogens is 749 g/mol. The Morgan fingerprint density at radius 3 is 1.23 bits per heavy atom. The van der Waals surface area contributed by atoms with E-state index in [1.54, 1.807) is 0 Å². The lowest BCUT2D eigenvalue weighted by Crippen LogP contribution is -1.93. The molecule has 0 aliphatic carbocycles. The highest BCUT2D eigenvalue weighted by atomic mass is 14.7. The largest absolute Gasteiger partial charge is 0.248 e. The Labute approximate surface area is 362 Å². The fourth-order valence-electron chi connectivity index (χ4n) is 8.70. The first-order valence-corrected chi connectivity index (χ1v) is 21.1. The summed E-state index contributed by atoms with van der Waals surface area (Å²) >= 11 is 0. The minimum atomic E-state index is 0.928. The SMILES string of the molecule is c1ccc(-c2cc(-c3ccccc3)cc(-c3cc(-c4cccc(-c5ccc6c(ccc7nc(-c8ccccc8)cc(-c8ccccc8)c76)c5)c4)cc(-c4ccccc4)n3)c2)cc1. The maximum absolute atomic E-state index is 5.35. The van der Waals surface area contributed by atoms with Gasteiger partial charge in [-0.1, -0.05) is 188 Å². The topological polar surface area (TPSA) is 25.8 Å². The molecule has 2 heterocycles. The third-order valence-electron chi connectivity index (χ3n) is 11.8. The highest BCUT2D eigenvalue weighted by molar-refractivity contribution is 6.14. The second-order valence-corrected chi connectivity index (χ2v) is 15.8. The van der Waals surface area contributed by atoms with Gasteiger partial charge in [-0.3, -0.25) is 0 Å². The Bertz CT molecular complexity index is 3310. The number of aromatic nitrogens is 2. The number of pyridine rings is 2. The molecule has 11 rings (SSSR count). The van der Waals surface area contributed by atoms with Crippen LogP contribution in [0.2, 0.25) is 0 Å². The van der Waals surface area contributed by atoms with E-state index >= 15 is 0 Å². The van der Waals surface area contributed by atoms with Crippen LogP contribution in [0.5, 0.6) is 0 Å². The van der Waals surface area contributed by atoms with E-state index in [0.29, 0.717) is 0 Å². The first kappa shape index (κ1) is 36.8. The van der Waals surface area contributed by atoms with Crippen LogP contribution in [0, 0.1) is 0 Å². The number of benzene rings is 9. The summed E-state index contributed by atoms with van der Waals surface area (Å²) in [6.07, 6.45) is 0. The van der Waals surface area contributed by atoms with Crippen LogP contribution in [0.4, 0.5) is 0 Å². The Kier molecular flexibility index (Phi) is 9.57. The predicted octanol–water partition coefficient (Wildman–Crippen LogP) is 16.1. The molecule has 2 heteroatoms. The van der Waals surface area contributed by atoms with Gasteiger partial charge in [-0.05, 0) is 121 Å². The smallest absolute Gasteiger partial charge is 0.0722 e. The molecule has 0 aliphatic heterocycles. The highest BCUT2D eigenvalue weighted by Gasteiger charge is 2.16. The summed E-state index contributed by atoms with van der Waals surface area (Å²) in [6, 6.07) is 86.6. The number of nitrogens with zero attached hydrogens (tertiary/aromatic N) is 2. The summed E-state index contributed by atoms with van der Waals surface area (Å²) in [6.45, 7) is 0. The molecule has 0 spiro atoms. The van der Waals surface area contributed by atoms with Gasteiger partial charge in [0, 0.05) is 22.1 Å². The quantitative estimate of drug-likeness (QED) is 0.143. The fourth-order valence-corrected chi connectivity index (χ4v) is 8.70. The number of fused-ring (bicyclic) bond motifs is 3. The van der Waals surface area contributed by atoms with Crippen LogP contribution in [-0.2, 0) is 0 Å². The molecular formula is C60H40N2. The molecule has 290 valence electrons. The van der Waals surface area contributed by atoms with Crippen molar-refractivity contribution in [3.8, 4) is 89.4 Å². The maximum atomic E-state index is 5.35. The molecule has 0 unspecified atom stereocenters. The second-order valence-electron chi connectivity index (χ2n) is 15.8. The van der Waals surface area contributed by atoms with Gasteiger partial charge in [0.1, 0.15) is 0 Å². The van der Waals surface area contributed by atoms with E-state index in [2.05, 4.69) is 237 Å². The zero-order valence-corrected chi connectivity index (χ0v) is 34.0. The summed E-state index contributed by atoms with van der Waals surface area (Å²) in [7, 11) is 0. The molecule has 0 N–H and O–H groups in total. The molecule has 0 atom stereocenters. The third-order valence-corrected chi connectivity index (χ3v) is 11.8. The van der Waals surface area contributed by atoms with E-state index in [9.17, 15) is 0 Å². The summed E-state index contributed by atoms with van der Waals surface area (Å²) in [5.74, 6) is 0. The van der Waals surface area contributed by atoms with Gasteiger partial charge in [-0.25, -0.2) is 9.97 Å². The van der Waals surface area contributed by atoms with E-state index < -0.39 is 0 Å². The molecule has 62 heavy (non-hydrogen) atoms. The Hall–Kier alpha value is -8.20. The van der Waals surface area contributed by atoms with Crippen molar-refractivity contribution in [3.63, 3.8) is 0 Å². The standard InChI is InChI=1S/C60H40N2/c1-6-17-41(18-7-1)50-35-51(42-19-8-2-9-20-42)37-53(36-50)58-39-52(38-57(62-58)44-23-12-4-13-24-44)47-28-16-27-46(33-47)48-29-31-54-49(34-48)30-32-56-60(54)55(43-21-10-3-11-22-43)40-59(61-56)45-25-14-5-15-26-45/h1-40H. The minimum absolute atomic E-state index is 0.928. The average molecular weight is 789 g/mol. The van der Waals surface area contributed by atoms with E-state index in [0.717, 1.165) is 78.1 Å². The van der Waals surface area contributed by atoms with E-state index in [1.807, 2.05) is 6.07 Å². The molecule has 0 saturated heterocycles. The average Bonchev–Trinajstić information content (AvgIpc) is 3.37. The number of rotatable bonds is 8. The van der Waals surface area contributed by atoms with E-state index in [1.165, 1.54) is 33.0 Å². The monoisotopic (exact) mass is 788 g/mol. The molecule has 0 fully saturated rings. The van der Waals surface area contributed by atoms with Crippen LogP contribution in [-0.4, -0.2) is 9.97 Å². The van der Waals surface area contributed by atoms with Gasteiger partial charge < -0.3 is 0 Å². The minimum Gasteiger partial charge on any atom is -0.248 e. The van der Waals surface area contributed by atoms with Gasteiger partial charge in [0.15, 0.2) is 0 Å². The van der Waals surface area contributed by atoms with Gasteiger partial charge in [0.2, 0.25) is 0 Å². The number of hydrogen-bond acceptors (Lipinski definition) is 2. The van der Waals surface area contributed by atoms with Crippen LogP contribution >= 0.6 is 0 Å². The van der Waals surface area contributed by atoms with Crippen molar-refractivity contribution in [2.45, 2.75) is 0 Å². The Morgan fingerprint density at radius 2 is 0.645 bits per heavy atom. The van der Waals surface area contributed by atoms with Gasteiger partial charge in [-0.2, -0.15) is 0 Å². The van der Waals surface area contributed by atoms with Gasteiger partial charge in [-0.15, -0.1) is 0 Å². The second kappa shape index (κ2) is 16.1. The molecule has 2 aromatic heterocycles. The lowest BCUT2D eigenvalue weighted by Gasteiger charge is -2.15. The third kappa shape index (κ3) is 7.25. The first-order valence-electron chi connectivity index (χ1n) is 21.1. The lowest BCUT2D eigenvalue weighted by molar-refractivity contribution is 1.32. The van der Waals surface area contributed by atoms with Crippen molar-refractivity contribution in [3.05, 3.63) is 243 Å². The van der Waals surface area contributed by atoms with Crippen molar-refractivity contribution in [2.24, 2.45) is 0 Å². The van der Waals surface area contributed by atoms with E-state index in [-0.39, 0.29) is 0 Å². The van der Waals surface area contributed by atoms with Gasteiger partial charge in [0.05, 0.1) is 22.6 Å². The molecule has 2 nitrogen and oxygen atoms in total. The van der Waals surface area contributed by atoms with Gasteiger partial charge >= 0.3 is 0 Å². The van der Waals surface area contributed by atoms with Crippen LogP contribution < -0.4 is 0 Å². The van der Waals surface area contributed by atoms with Crippen molar-refractivity contribution < 1.29 is 0 Å². The summed E-state index contributed by atoms with van der Waals surface area (Å²) in [5.41, 5.74) is 18.7. The molecule has 0 radical (unpaired) electrons. The van der Waals surface area contributed by atoms with E-state index in [4.69, 9.17) is 9.97 Å². The first-order chi connectivity index (χ1) is 30.7. The van der Waals surface area contributed by atoms with Crippen molar-refractivity contribution in [1.82, 2.24) is 9.97 Å². The highest BCUT2D eigenvalue weighted by Crippen LogP contribution is 2.40. The van der Waals surface area contributed by atoms with Crippen LogP contribution in [0.1, 0.15) is 0 Å². The predicted molar refractivity (Wildman–Crippen MR) is 261 cm³/mol. The molecule has 0 saturated carbocycles. The zero-order chi connectivity index (χ0) is 41.2. The van der Waals surface area contributed by atoms with Crippen LogP contribution in [0.15, 0.2) is 243 Å². The zero-order valence-electron chi connectivity index (χ0n) is 34.0. The van der Waals surface area contributed by atoms with Crippen molar-refractivity contribution >= 4 is 21.7 Å². The molecule has 9 aromatic carbocycles.